The summed E-state index contributed by atoms with van der Waals surface area (Å²) in [6, 6.07) is 20.3. The molecule has 33 heavy (non-hydrogen) atoms. The molecule has 0 bridgehead atoms. The SMILES string of the molecule is C=C(NCCN(C)C)c1ccc(Cc2nc3cccc(-c4ccc5c(c4)OCO5)n3n2)cc1. The number of rotatable bonds is 8. The average molecular weight is 442 g/mol. The van der Waals surface area contributed by atoms with E-state index in [1.807, 2.05) is 40.9 Å². The van der Waals surface area contributed by atoms with E-state index in [0.717, 1.165) is 64.1 Å². The van der Waals surface area contributed by atoms with Gasteiger partial charge < -0.3 is 19.7 Å². The van der Waals surface area contributed by atoms with Crippen molar-refractivity contribution in [1.82, 2.24) is 24.8 Å². The molecule has 1 aliphatic heterocycles. The predicted octanol–water partition coefficient (Wildman–Crippen LogP) is 3.84. The Labute approximate surface area is 193 Å². The molecule has 0 radical (unpaired) electrons. The Balaban J connectivity index is 1.33. The third kappa shape index (κ3) is 4.54. The summed E-state index contributed by atoms with van der Waals surface area (Å²) in [5, 5.41) is 8.16. The van der Waals surface area contributed by atoms with E-state index in [0.29, 0.717) is 6.42 Å². The molecule has 1 aliphatic rings. The van der Waals surface area contributed by atoms with Crippen LogP contribution in [0.5, 0.6) is 11.5 Å². The maximum absolute atomic E-state index is 5.54. The van der Waals surface area contributed by atoms with E-state index < -0.39 is 0 Å². The van der Waals surface area contributed by atoms with Gasteiger partial charge in [0.05, 0.1) is 5.69 Å². The van der Waals surface area contributed by atoms with Gasteiger partial charge in [0.15, 0.2) is 23.0 Å². The second-order valence-electron chi connectivity index (χ2n) is 8.36. The highest BCUT2D eigenvalue weighted by Gasteiger charge is 2.16. The highest BCUT2D eigenvalue weighted by Crippen LogP contribution is 2.35. The molecule has 0 fully saturated rings. The van der Waals surface area contributed by atoms with Crippen LogP contribution in [0.1, 0.15) is 17.0 Å². The Morgan fingerprint density at radius 3 is 2.70 bits per heavy atom. The van der Waals surface area contributed by atoms with Crippen LogP contribution in [0.3, 0.4) is 0 Å². The number of likely N-dealkylation sites (N-methyl/N-ethyl adjacent to an activating group) is 1. The lowest BCUT2D eigenvalue weighted by atomic mass is 10.1. The minimum Gasteiger partial charge on any atom is -0.454 e. The van der Waals surface area contributed by atoms with Gasteiger partial charge in [0.25, 0.3) is 0 Å². The molecule has 2 aromatic heterocycles. The van der Waals surface area contributed by atoms with Crippen LogP contribution in [-0.4, -0.2) is 53.5 Å². The van der Waals surface area contributed by atoms with Gasteiger partial charge >= 0.3 is 0 Å². The molecule has 0 saturated heterocycles. The molecule has 1 N–H and O–H groups in total. The Bertz CT molecular complexity index is 1290. The van der Waals surface area contributed by atoms with Crippen molar-refractivity contribution in [1.29, 1.82) is 0 Å². The molecule has 7 heteroatoms. The second kappa shape index (κ2) is 8.96. The molecule has 3 heterocycles. The molecule has 168 valence electrons. The smallest absolute Gasteiger partial charge is 0.231 e. The molecule has 0 atom stereocenters. The maximum Gasteiger partial charge on any atom is 0.231 e. The molecule has 5 rings (SSSR count). The van der Waals surface area contributed by atoms with Crippen molar-refractivity contribution in [2.24, 2.45) is 0 Å². The number of hydrogen-bond acceptors (Lipinski definition) is 6. The molecule has 0 spiro atoms. The Kier molecular flexibility index (Phi) is 5.71. The van der Waals surface area contributed by atoms with Crippen molar-refractivity contribution in [3.63, 3.8) is 0 Å². The number of hydrogen-bond donors (Lipinski definition) is 1. The molecule has 0 unspecified atom stereocenters. The molecule has 7 nitrogen and oxygen atoms in total. The lowest BCUT2D eigenvalue weighted by Gasteiger charge is -2.13. The van der Waals surface area contributed by atoms with Gasteiger partial charge in [-0.2, -0.15) is 5.10 Å². The summed E-state index contributed by atoms with van der Waals surface area (Å²) in [6.45, 7) is 6.24. The zero-order valence-electron chi connectivity index (χ0n) is 18.9. The summed E-state index contributed by atoms with van der Waals surface area (Å²) in [4.78, 5) is 6.88. The average Bonchev–Trinajstić information content (AvgIpc) is 3.44. The summed E-state index contributed by atoms with van der Waals surface area (Å²) in [5.74, 6) is 2.30. The fraction of sp³-hybridized carbons (Fsp3) is 0.231. The van der Waals surface area contributed by atoms with Crippen molar-refractivity contribution in [2.75, 3.05) is 34.0 Å². The van der Waals surface area contributed by atoms with Crippen LogP contribution in [-0.2, 0) is 6.42 Å². The van der Waals surface area contributed by atoms with E-state index in [-0.39, 0.29) is 6.79 Å². The van der Waals surface area contributed by atoms with Crippen LogP contribution in [0.25, 0.3) is 22.6 Å². The number of fused-ring (bicyclic) bond motifs is 2. The molecule has 0 saturated carbocycles. The van der Waals surface area contributed by atoms with Gasteiger partial charge in [-0.1, -0.05) is 36.9 Å². The van der Waals surface area contributed by atoms with Crippen LogP contribution >= 0.6 is 0 Å². The van der Waals surface area contributed by atoms with Crippen LogP contribution in [0.4, 0.5) is 0 Å². The number of aromatic nitrogens is 3. The first-order valence-corrected chi connectivity index (χ1v) is 11.0. The number of benzene rings is 2. The van der Waals surface area contributed by atoms with Crippen LogP contribution < -0.4 is 14.8 Å². The van der Waals surface area contributed by atoms with Crippen molar-refractivity contribution in [2.45, 2.75) is 6.42 Å². The lowest BCUT2D eigenvalue weighted by Crippen LogP contribution is -2.25. The van der Waals surface area contributed by atoms with Gasteiger partial charge in [0.2, 0.25) is 6.79 Å². The zero-order valence-corrected chi connectivity index (χ0v) is 18.9. The number of nitrogens with one attached hydrogen (secondary N) is 1. The predicted molar refractivity (Wildman–Crippen MR) is 129 cm³/mol. The summed E-state index contributed by atoms with van der Waals surface area (Å²) in [5.41, 5.74) is 5.95. The Morgan fingerprint density at radius 2 is 1.88 bits per heavy atom. The van der Waals surface area contributed by atoms with Crippen molar-refractivity contribution in [3.05, 3.63) is 84.2 Å². The summed E-state index contributed by atoms with van der Waals surface area (Å²) in [7, 11) is 4.12. The lowest BCUT2D eigenvalue weighted by molar-refractivity contribution is 0.174. The van der Waals surface area contributed by atoms with Gasteiger partial charge in [0, 0.05) is 30.8 Å². The van der Waals surface area contributed by atoms with Crippen LogP contribution in [0, 0.1) is 0 Å². The molecule has 0 aliphatic carbocycles. The topological polar surface area (TPSA) is 63.9 Å². The summed E-state index contributed by atoms with van der Waals surface area (Å²) < 4.78 is 12.9. The fourth-order valence-electron chi connectivity index (χ4n) is 3.84. The first-order valence-electron chi connectivity index (χ1n) is 11.0. The summed E-state index contributed by atoms with van der Waals surface area (Å²) >= 11 is 0. The first-order chi connectivity index (χ1) is 16.1. The zero-order chi connectivity index (χ0) is 22.8. The van der Waals surface area contributed by atoms with E-state index in [9.17, 15) is 0 Å². The standard InChI is InChI=1S/C26H27N5O2/c1-18(27-13-14-30(2)3)20-9-7-19(8-10-20)15-25-28-26-6-4-5-22(31(26)29-25)21-11-12-23-24(16-21)33-17-32-23/h4-12,16,27H,1,13-15,17H2,2-3H3. The highest BCUT2D eigenvalue weighted by molar-refractivity contribution is 5.67. The number of ether oxygens (including phenoxy) is 2. The Hall–Kier alpha value is -3.84. The minimum absolute atomic E-state index is 0.259. The molecular formula is C26H27N5O2. The normalized spacial score (nSPS) is 12.5. The molecule has 2 aromatic carbocycles. The van der Waals surface area contributed by atoms with Crippen molar-refractivity contribution < 1.29 is 9.47 Å². The second-order valence-corrected chi connectivity index (χ2v) is 8.36. The number of nitrogens with zero attached hydrogens (tertiary/aromatic N) is 4. The van der Waals surface area contributed by atoms with Crippen LogP contribution in [0.15, 0.2) is 67.2 Å². The highest BCUT2D eigenvalue weighted by atomic mass is 16.7. The fourth-order valence-corrected chi connectivity index (χ4v) is 3.84. The quantitative estimate of drug-likeness (QED) is 0.448. The third-order valence-corrected chi connectivity index (χ3v) is 5.63. The van der Waals surface area contributed by atoms with Crippen LogP contribution in [0.2, 0.25) is 0 Å². The van der Waals surface area contributed by atoms with Gasteiger partial charge in [-0.15, -0.1) is 0 Å². The van der Waals surface area contributed by atoms with E-state index in [1.165, 1.54) is 0 Å². The van der Waals surface area contributed by atoms with E-state index in [4.69, 9.17) is 19.6 Å². The van der Waals surface area contributed by atoms with E-state index >= 15 is 0 Å². The van der Waals surface area contributed by atoms with E-state index in [2.05, 4.69) is 55.2 Å². The molecule has 0 amide bonds. The van der Waals surface area contributed by atoms with Crippen molar-refractivity contribution in [3.8, 4) is 22.8 Å². The van der Waals surface area contributed by atoms with Gasteiger partial charge in [-0.05, 0) is 55.6 Å². The van der Waals surface area contributed by atoms with Gasteiger partial charge in [-0.25, -0.2) is 9.50 Å². The first kappa shape index (κ1) is 21.0. The third-order valence-electron chi connectivity index (χ3n) is 5.63. The van der Waals surface area contributed by atoms with Gasteiger partial charge in [-0.3, -0.25) is 0 Å². The van der Waals surface area contributed by atoms with Gasteiger partial charge in [0.1, 0.15) is 0 Å². The van der Waals surface area contributed by atoms with Crippen molar-refractivity contribution >= 4 is 11.3 Å². The largest absolute Gasteiger partial charge is 0.454 e. The molecular weight excluding hydrogens is 414 g/mol. The minimum atomic E-state index is 0.259. The Morgan fingerprint density at radius 1 is 1.06 bits per heavy atom. The maximum atomic E-state index is 5.54. The number of pyridine rings is 1. The van der Waals surface area contributed by atoms with E-state index in [1.54, 1.807) is 0 Å². The molecule has 4 aromatic rings. The monoisotopic (exact) mass is 441 g/mol. The summed E-state index contributed by atoms with van der Waals surface area (Å²) in [6.07, 6.45) is 0.656.